The van der Waals surface area contributed by atoms with Crippen LogP contribution in [0.5, 0.6) is 5.75 Å². The Kier molecular flexibility index (Phi) is 3.68. The van der Waals surface area contributed by atoms with Crippen LogP contribution in [-0.2, 0) is 12.8 Å². The van der Waals surface area contributed by atoms with E-state index in [1.807, 2.05) is 24.3 Å². The Bertz CT molecular complexity index is 639. The molecular formula is C17H18ClNO. The van der Waals surface area contributed by atoms with E-state index in [0.717, 1.165) is 34.7 Å². The smallest absolute Gasteiger partial charge is 0.131 e. The lowest BCUT2D eigenvalue weighted by atomic mass is 9.96. The summed E-state index contributed by atoms with van der Waals surface area (Å²) < 4.78 is 6.01. The van der Waals surface area contributed by atoms with E-state index in [1.54, 1.807) is 0 Å². The fourth-order valence-corrected chi connectivity index (χ4v) is 2.95. The lowest BCUT2D eigenvalue weighted by Crippen LogP contribution is -2.24. The van der Waals surface area contributed by atoms with E-state index < -0.39 is 0 Å². The zero-order valence-corrected chi connectivity index (χ0v) is 12.3. The molecule has 0 amide bonds. The summed E-state index contributed by atoms with van der Waals surface area (Å²) in [6.45, 7) is 2.70. The first-order valence-electron chi connectivity index (χ1n) is 7.00. The number of ether oxygens (including phenoxy) is 1. The van der Waals surface area contributed by atoms with Gasteiger partial charge in [0, 0.05) is 29.1 Å². The SMILES string of the molecule is CCc1cc2c(c(-c3ccccc3Cl)c1)O[C@H](CN)C2. The molecule has 1 atom stereocenters. The van der Waals surface area contributed by atoms with Gasteiger partial charge in [-0.3, -0.25) is 0 Å². The van der Waals surface area contributed by atoms with Crippen LogP contribution in [0.25, 0.3) is 11.1 Å². The largest absolute Gasteiger partial charge is 0.488 e. The fourth-order valence-electron chi connectivity index (χ4n) is 2.71. The third kappa shape index (κ3) is 2.30. The van der Waals surface area contributed by atoms with Gasteiger partial charge in [0.2, 0.25) is 0 Å². The van der Waals surface area contributed by atoms with Gasteiger partial charge in [-0.2, -0.15) is 0 Å². The van der Waals surface area contributed by atoms with Crippen molar-refractivity contribution in [2.24, 2.45) is 5.73 Å². The predicted octanol–water partition coefficient (Wildman–Crippen LogP) is 3.83. The molecule has 2 aromatic carbocycles. The van der Waals surface area contributed by atoms with Crippen molar-refractivity contribution in [1.29, 1.82) is 0 Å². The standard InChI is InChI=1S/C17H18ClNO/c1-2-11-7-12-9-13(10-19)20-17(12)15(8-11)14-5-3-4-6-16(14)18/h3-8,13H,2,9-10,19H2,1H3/t13-/m0/s1. The summed E-state index contributed by atoms with van der Waals surface area (Å²) in [4.78, 5) is 0. The third-order valence-electron chi connectivity index (χ3n) is 3.79. The lowest BCUT2D eigenvalue weighted by Gasteiger charge is -2.13. The molecule has 0 unspecified atom stereocenters. The van der Waals surface area contributed by atoms with Crippen LogP contribution in [0.1, 0.15) is 18.1 Å². The molecule has 2 nitrogen and oxygen atoms in total. The molecule has 2 N–H and O–H groups in total. The summed E-state index contributed by atoms with van der Waals surface area (Å²) in [6, 6.07) is 12.3. The Balaban J connectivity index is 2.16. The number of fused-ring (bicyclic) bond motifs is 1. The van der Waals surface area contributed by atoms with E-state index in [4.69, 9.17) is 22.1 Å². The molecule has 0 aliphatic carbocycles. The van der Waals surface area contributed by atoms with Crippen molar-refractivity contribution in [3.05, 3.63) is 52.5 Å². The Morgan fingerprint density at radius 2 is 2.05 bits per heavy atom. The van der Waals surface area contributed by atoms with Crippen LogP contribution in [0.4, 0.5) is 0 Å². The average Bonchev–Trinajstić information content (AvgIpc) is 2.90. The molecule has 0 saturated heterocycles. The van der Waals surface area contributed by atoms with Gasteiger partial charge in [0.15, 0.2) is 0 Å². The molecule has 0 saturated carbocycles. The second-order valence-electron chi connectivity index (χ2n) is 5.14. The summed E-state index contributed by atoms with van der Waals surface area (Å²) in [5.41, 5.74) is 10.4. The zero-order chi connectivity index (χ0) is 14.1. The molecule has 1 aliphatic heterocycles. The monoisotopic (exact) mass is 287 g/mol. The summed E-state index contributed by atoms with van der Waals surface area (Å²) in [5, 5.41) is 0.753. The van der Waals surface area contributed by atoms with Crippen LogP contribution in [0.15, 0.2) is 36.4 Å². The Morgan fingerprint density at radius 3 is 2.75 bits per heavy atom. The first-order valence-corrected chi connectivity index (χ1v) is 7.38. The molecule has 1 heterocycles. The Labute approximate surface area is 124 Å². The minimum Gasteiger partial charge on any atom is -0.488 e. The fraction of sp³-hybridized carbons (Fsp3) is 0.294. The van der Waals surface area contributed by atoms with Crippen molar-refractivity contribution in [3.63, 3.8) is 0 Å². The second kappa shape index (κ2) is 5.47. The zero-order valence-electron chi connectivity index (χ0n) is 11.5. The van der Waals surface area contributed by atoms with Crippen molar-refractivity contribution >= 4 is 11.6 Å². The van der Waals surface area contributed by atoms with E-state index in [-0.39, 0.29) is 6.10 Å². The minimum atomic E-state index is 0.0818. The summed E-state index contributed by atoms with van der Waals surface area (Å²) in [7, 11) is 0. The van der Waals surface area contributed by atoms with Crippen LogP contribution in [0.3, 0.4) is 0 Å². The normalized spacial score (nSPS) is 16.9. The summed E-state index contributed by atoms with van der Waals surface area (Å²) in [5.74, 6) is 0.950. The van der Waals surface area contributed by atoms with Gasteiger partial charge in [0.25, 0.3) is 0 Å². The molecule has 0 fully saturated rings. The van der Waals surface area contributed by atoms with E-state index in [9.17, 15) is 0 Å². The van der Waals surface area contributed by atoms with Crippen LogP contribution in [0, 0.1) is 0 Å². The van der Waals surface area contributed by atoms with Gasteiger partial charge in [-0.05, 0) is 29.7 Å². The molecule has 0 aromatic heterocycles. The van der Waals surface area contributed by atoms with Gasteiger partial charge in [-0.15, -0.1) is 0 Å². The lowest BCUT2D eigenvalue weighted by molar-refractivity contribution is 0.242. The van der Waals surface area contributed by atoms with Crippen LogP contribution < -0.4 is 10.5 Å². The highest BCUT2D eigenvalue weighted by Crippen LogP contribution is 2.42. The van der Waals surface area contributed by atoms with Crippen molar-refractivity contribution in [3.8, 4) is 16.9 Å². The highest BCUT2D eigenvalue weighted by atomic mass is 35.5. The molecule has 1 aliphatic rings. The average molecular weight is 288 g/mol. The number of halogens is 1. The Hall–Kier alpha value is -1.51. The van der Waals surface area contributed by atoms with Crippen LogP contribution in [0.2, 0.25) is 5.02 Å². The Morgan fingerprint density at radius 1 is 1.25 bits per heavy atom. The molecule has 104 valence electrons. The summed E-state index contributed by atoms with van der Waals surface area (Å²) >= 11 is 6.35. The van der Waals surface area contributed by atoms with Crippen LogP contribution in [-0.4, -0.2) is 12.6 Å². The van der Waals surface area contributed by atoms with Crippen molar-refractivity contribution in [1.82, 2.24) is 0 Å². The quantitative estimate of drug-likeness (QED) is 0.931. The highest BCUT2D eigenvalue weighted by Gasteiger charge is 2.26. The number of benzene rings is 2. The molecule has 3 rings (SSSR count). The van der Waals surface area contributed by atoms with Gasteiger partial charge in [0.1, 0.15) is 11.9 Å². The maximum atomic E-state index is 6.35. The molecule has 2 aromatic rings. The van der Waals surface area contributed by atoms with E-state index in [2.05, 4.69) is 19.1 Å². The van der Waals surface area contributed by atoms with Crippen molar-refractivity contribution in [2.75, 3.05) is 6.54 Å². The number of rotatable bonds is 3. The molecule has 3 heteroatoms. The first kappa shape index (κ1) is 13.5. The van der Waals surface area contributed by atoms with Gasteiger partial charge < -0.3 is 10.5 Å². The first-order chi connectivity index (χ1) is 9.72. The molecular weight excluding hydrogens is 270 g/mol. The maximum absolute atomic E-state index is 6.35. The minimum absolute atomic E-state index is 0.0818. The number of nitrogens with two attached hydrogens (primary N) is 1. The van der Waals surface area contributed by atoms with Gasteiger partial charge in [-0.1, -0.05) is 42.8 Å². The predicted molar refractivity (Wildman–Crippen MR) is 83.4 cm³/mol. The van der Waals surface area contributed by atoms with Crippen molar-refractivity contribution in [2.45, 2.75) is 25.9 Å². The van der Waals surface area contributed by atoms with Crippen LogP contribution >= 0.6 is 11.6 Å². The number of hydrogen-bond donors (Lipinski definition) is 1. The second-order valence-corrected chi connectivity index (χ2v) is 5.55. The van der Waals surface area contributed by atoms with Crippen molar-refractivity contribution < 1.29 is 4.74 Å². The number of hydrogen-bond acceptors (Lipinski definition) is 2. The topological polar surface area (TPSA) is 35.2 Å². The molecule has 0 bridgehead atoms. The number of aryl methyl sites for hydroxylation is 1. The van der Waals surface area contributed by atoms with E-state index >= 15 is 0 Å². The molecule has 20 heavy (non-hydrogen) atoms. The van der Waals surface area contributed by atoms with Gasteiger partial charge in [0.05, 0.1) is 0 Å². The highest BCUT2D eigenvalue weighted by molar-refractivity contribution is 6.33. The van der Waals surface area contributed by atoms with E-state index in [0.29, 0.717) is 6.54 Å². The third-order valence-corrected chi connectivity index (χ3v) is 4.12. The summed E-state index contributed by atoms with van der Waals surface area (Å²) in [6.07, 6.45) is 1.97. The van der Waals surface area contributed by atoms with Gasteiger partial charge in [-0.25, -0.2) is 0 Å². The van der Waals surface area contributed by atoms with Gasteiger partial charge >= 0.3 is 0 Å². The maximum Gasteiger partial charge on any atom is 0.131 e. The molecule has 0 spiro atoms. The molecule has 0 radical (unpaired) electrons. The van der Waals surface area contributed by atoms with E-state index in [1.165, 1.54) is 11.1 Å².